The van der Waals surface area contributed by atoms with Gasteiger partial charge in [0.1, 0.15) is 0 Å². The second-order valence-electron chi connectivity index (χ2n) is 5.90. The molecule has 5 nitrogen and oxygen atoms in total. The van der Waals surface area contributed by atoms with Gasteiger partial charge in [0.15, 0.2) is 0 Å². The highest BCUT2D eigenvalue weighted by Gasteiger charge is 2.18. The monoisotopic (exact) mass is 372 g/mol. The van der Waals surface area contributed by atoms with Crippen molar-refractivity contribution in [1.29, 1.82) is 0 Å². The molecule has 0 aromatic heterocycles. The molecule has 0 radical (unpaired) electrons. The summed E-state index contributed by atoms with van der Waals surface area (Å²) in [6.07, 6.45) is 4.61. The zero-order valence-electron chi connectivity index (χ0n) is 15.0. The summed E-state index contributed by atoms with van der Waals surface area (Å²) in [5, 5.41) is 2.78. The molecule has 26 heavy (non-hydrogen) atoms. The number of benzene rings is 2. The summed E-state index contributed by atoms with van der Waals surface area (Å²) < 4.78 is 27.9. The molecule has 0 atom stereocenters. The van der Waals surface area contributed by atoms with Gasteiger partial charge in [-0.15, -0.1) is 0 Å². The second-order valence-corrected chi connectivity index (χ2v) is 7.64. The molecule has 2 aromatic rings. The molecule has 0 aliphatic carbocycles. The van der Waals surface area contributed by atoms with E-state index in [0.717, 1.165) is 12.0 Å². The predicted octanol–water partition coefficient (Wildman–Crippen LogP) is 3.17. The molecule has 138 valence electrons. The number of amides is 1. The molecule has 0 unspecified atom stereocenters. The van der Waals surface area contributed by atoms with Crippen LogP contribution in [0.25, 0.3) is 0 Å². The molecule has 0 aliphatic rings. The largest absolute Gasteiger partial charge is 0.352 e. The van der Waals surface area contributed by atoms with Crippen LogP contribution >= 0.6 is 0 Å². The van der Waals surface area contributed by atoms with E-state index in [9.17, 15) is 13.2 Å². The van der Waals surface area contributed by atoms with E-state index in [0.29, 0.717) is 17.7 Å². The fourth-order valence-corrected chi connectivity index (χ4v) is 3.71. The molecule has 2 rings (SSSR count). The van der Waals surface area contributed by atoms with Crippen molar-refractivity contribution >= 4 is 15.9 Å². The predicted molar refractivity (Wildman–Crippen MR) is 103 cm³/mol. The van der Waals surface area contributed by atoms with Crippen LogP contribution in [-0.4, -0.2) is 20.9 Å². The van der Waals surface area contributed by atoms with Gasteiger partial charge in [0.05, 0.1) is 4.90 Å². The van der Waals surface area contributed by atoms with Crippen LogP contribution in [0.3, 0.4) is 0 Å². The molecule has 2 aromatic carbocycles. The highest BCUT2D eigenvalue weighted by atomic mass is 32.2. The van der Waals surface area contributed by atoms with Gasteiger partial charge in [-0.3, -0.25) is 4.79 Å². The Morgan fingerprint density at radius 3 is 2.54 bits per heavy atom. The number of hydrogen-bond acceptors (Lipinski definition) is 3. The zero-order valence-corrected chi connectivity index (χ0v) is 15.8. The molecule has 0 spiro atoms. The third-order valence-corrected chi connectivity index (χ3v) is 5.42. The summed E-state index contributed by atoms with van der Waals surface area (Å²) in [5.74, 6) is -0.283. The van der Waals surface area contributed by atoms with Gasteiger partial charge in [0.2, 0.25) is 10.0 Å². The van der Waals surface area contributed by atoms with Crippen LogP contribution in [-0.2, 0) is 16.6 Å². The number of aryl methyl sites for hydroxylation is 1. The molecule has 2 N–H and O–H groups in total. The third kappa shape index (κ3) is 5.54. The van der Waals surface area contributed by atoms with Gasteiger partial charge in [0, 0.05) is 18.7 Å². The van der Waals surface area contributed by atoms with Crippen LogP contribution < -0.4 is 10.0 Å². The first kappa shape index (κ1) is 19.9. The molecule has 0 bridgehead atoms. The van der Waals surface area contributed by atoms with Crippen molar-refractivity contribution in [1.82, 2.24) is 10.0 Å². The van der Waals surface area contributed by atoms with Gasteiger partial charge in [-0.1, -0.05) is 48.6 Å². The van der Waals surface area contributed by atoms with Crippen molar-refractivity contribution in [3.8, 4) is 0 Å². The van der Waals surface area contributed by atoms with Crippen LogP contribution in [0.1, 0.15) is 34.8 Å². The van der Waals surface area contributed by atoms with E-state index >= 15 is 0 Å². The summed E-state index contributed by atoms with van der Waals surface area (Å²) in [4.78, 5) is 12.3. The van der Waals surface area contributed by atoms with E-state index in [2.05, 4.69) is 10.0 Å². The summed E-state index contributed by atoms with van der Waals surface area (Å²) in [6.45, 7) is 4.33. The van der Waals surface area contributed by atoms with E-state index in [1.807, 2.05) is 49.4 Å². The van der Waals surface area contributed by atoms with Gasteiger partial charge < -0.3 is 5.32 Å². The van der Waals surface area contributed by atoms with E-state index in [-0.39, 0.29) is 17.3 Å². The third-order valence-electron chi connectivity index (χ3n) is 3.88. The highest BCUT2D eigenvalue weighted by molar-refractivity contribution is 7.89. The average Bonchev–Trinajstić information content (AvgIpc) is 2.64. The molecule has 0 aliphatic heterocycles. The summed E-state index contributed by atoms with van der Waals surface area (Å²) in [7, 11) is -3.72. The Labute approximate surface area is 155 Å². The topological polar surface area (TPSA) is 75.3 Å². The van der Waals surface area contributed by atoms with Crippen molar-refractivity contribution in [3.05, 3.63) is 77.4 Å². The van der Waals surface area contributed by atoms with Crippen LogP contribution in [0, 0.1) is 6.92 Å². The number of rotatable bonds is 8. The smallest absolute Gasteiger partial charge is 0.251 e. The average molecular weight is 372 g/mol. The number of sulfonamides is 1. The van der Waals surface area contributed by atoms with Crippen LogP contribution in [0.2, 0.25) is 0 Å². The van der Waals surface area contributed by atoms with Crippen molar-refractivity contribution in [3.63, 3.8) is 0 Å². The second kappa shape index (κ2) is 9.31. The Balaban J connectivity index is 2.13. The maximum absolute atomic E-state index is 12.6. The van der Waals surface area contributed by atoms with E-state index in [1.165, 1.54) is 6.07 Å². The Hall–Kier alpha value is -2.44. The molecule has 0 heterocycles. The molecule has 1 amide bonds. The van der Waals surface area contributed by atoms with Gasteiger partial charge in [-0.05, 0) is 43.5 Å². The molecule has 0 fully saturated rings. The van der Waals surface area contributed by atoms with Gasteiger partial charge in [0.25, 0.3) is 5.91 Å². The lowest BCUT2D eigenvalue weighted by Gasteiger charge is -2.11. The minimum Gasteiger partial charge on any atom is -0.352 e. The molecule has 0 saturated carbocycles. The molecule has 0 saturated heterocycles. The zero-order chi connectivity index (χ0) is 19.0. The number of nitrogens with one attached hydrogen (secondary N) is 2. The normalized spacial score (nSPS) is 11.6. The maximum Gasteiger partial charge on any atom is 0.251 e. The Bertz CT molecular complexity index is 875. The fraction of sp³-hybridized carbons (Fsp3) is 0.250. The number of hydrogen-bond donors (Lipinski definition) is 2. The summed E-state index contributed by atoms with van der Waals surface area (Å²) in [6, 6.07) is 14.0. The van der Waals surface area contributed by atoms with E-state index < -0.39 is 10.0 Å². The molecular weight excluding hydrogens is 348 g/mol. The standard InChI is InChI=1S/C20H24N2O3S/c1-3-4-8-13-21-20(23)18-12-11-16(2)19(14-18)26(24,25)22-15-17-9-6-5-7-10-17/h3-7,9-12,14,22H,8,13,15H2,1-2H3,(H,21,23)/b4-3+. The van der Waals surface area contributed by atoms with Crippen LogP contribution in [0.5, 0.6) is 0 Å². The SMILES string of the molecule is C/C=C/CCNC(=O)c1ccc(C)c(S(=O)(=O)NCc2ccccc2)c1. The van der Waals surface area contributed by atoms with Crippen LogP contribution in [0.4, 0.5) is 0 Å². The lowest BCUT2D eigenvalue weighted by Crippen LogP contribution is -2.26. The molecular formula is C20H24N2O3S. The lowest BCUT2D eigenvalue weighted by atomic mass is 10.1. The quantitative estimate of drug-likeness (QED) is 0.552. The van der Waals surface area contributed by atoms with E-state index in [4.69, 9.17) is 0 Å². The maximum atomic E-state index is 12.6. The molecule has 6 heteroatoms. The van der Waals surface area contributed by atoms with E-state index in [1.54, 1.807) is 19.1 Å². The van der Waals surface area contributed by atoms with Crippen molar-refractivity contribution < 1.29 is 13.2 Å². The Morgan fingerprint density at radius 1 is 1.12 bits per heavy atom. The van der Waals surface area contributed by atoms with Gasteiger partial charge in [-0.25, -0.2) is 13.1 Å². The van der Waals surface area contributed by atoms with Crippen molar-refractivity contribution in [2.24, 2.45) is 0 Å². The number of allylic oxidation sites excluding steroid dienone is 1. The summed E-state index contributed by atoms with van der Waals surface area (Å²) >= 11 is 0. The Morgan fingerprint density at radius 2 is 1.85 bits per heavy atom. The Kier molecular flexibility index (Phi) is 7.12. The first-order valence-electron chi connectivity index (χ1n) is 8.47. The minimum atomic E-state index is -3.72. The minimum absolute atomic E-state index is 0.120. The van der Waals surface area contributed by atoms with Gasteiger partial charge >= 0.3 is 0 Å². The van der Waals surface area contributed by atoms with Crippen molar-refractivity contribution in [2.45, 2.75) is 31.7 Å². The first-order valence-corrected chi connectivity index (χ1v) is 9.96. The fourth-order valence-electron chi connectivity index (χ4n) is 2.42. The van der Waals surface area contributed by atoms with Crippen LogP contribution in [0.15, 0.2) is 65.6 Å². The van der Waals surface area contributed by atoms with Crippen molar-refractivity contribution in [2.75, 3.05) is 6.54 Å². The highest BCUT2D eigenvalue weighted by Crippen LogP contribution is 2.17. The number of carbonyl (C=O) groups is 1. The summed E-state index contributed by atoms with van der Waals surface area (Å²) in [5.41, 5.74) is 1.79. The number of carbonyl (C=O) groups excluding carboxylic acids is 1. The first-order chi connectivity index (χ1) is 12.4. The van der Waals surface area contributed by atoms with Gasteiger partial charge in [-0.2, -0.15) is 0 Å². The lowest BCUT2D eigenvalue weighted by molar-refractivity contribution is 0.0954.